The summed E-state index contributed by atoms with van der Waals surface area (Å²) in [5.41, 5.74) is -0.0439. The monoisotopic (exact) mass is 393 g/mol. The van der Waals surface area contributed by atoms with Gasteiger partial charge in [-0.05, 0) is 36.8 Å². The van der Waals surface area contributed by atoms with Gasteiger partial charge in [0.05, 0.1) is 14.2 Å². The van der Waals surface area contributed by atoms with E-state index in [1.807, 2.05) is 0 Å². The number of methoxy groups -OCH3 is 2. The van der Waals surface area contributed by atoms with E-state index in [-0.39, 0.29) is 6.54 Å². The maximum Gasteiger partial charge on any atom is 0.344 e. The van der Waals surface area contributed by atoms with Crippen LogP contribution >= 0.6 is 0 Å². The zero-order chi connectivity index (χ0) is 20.7. The molecule has 0 saturated carbocycles. The van der Waals surface area contributed by atoms with Crippen molar-refractivity contribution in [3.8, 4) is 11.5 Å². The Hall–Kier alpha value is -3.16. The zero-order valence-corrected chi connectivity index (χ0v) is 15.8. The Morgan fingerprint density at radius 3 is 2.21 bits per heavy atom. The predicted molar refractivity (Wildman–Crippen MR) is 97.3 cm³/mol. The van der Waals surface area contributed by atoms with Gasteiger partial charge in [0.25, 0.3) is 5.91 Å². The van der Waals surface area contributed by atoms with Crippen molar-refractivity contribution in [1.29, 1.82) is 0 Å². The minimum atomic E-state index is -1.23. The molecule has 150 valence electrons. The van der Waals surface area contributed by atoms with Gasteiger partial charge in [-0.3, -0.25) is 4.79 Å². The Morgan fingerprint density at radius 2 is 1.64 bits per heavy atom. The van der Waals surface area contributed by atoms with Gasteiger partial charge in [0.1, 0.15) is 17.2 Å². The number of nitrogens with zero attached hydrogens (tertiary/aromatic N) is 1. The first-order valence-corrected chi connectivity index (χ1v) is 8.51. The number of likely N-dealkylation sites (N-methyl/N-ethyl adjacent to an activating group) is 1. The first kappa shape index (κ1) is 21.1. The first-order valence-electron chi connectivity index (χ1n) is 8.51. The van der Waals surface area contributed by atoms with Crippen molar-refractivity contribution >= 4 is 11.9 Å². The molecule has 0 unspecified atom stereocenters. The van der Waals surface area contributed by atoms with Gasteiger partial charge in [0, 0.05) is 13.1 Å². The molecule has 0 radical (unpaired) electrons. The number of amides is 1. The van der Waals surface area contributed by atoms with E-state index in [4.69, 9.17) is 14.2 Å². The van der Waals surface area contributed by atoms with Crippen LogP contribution in [0.2, 0.25) is 0 Å². The van der Waals surface area contributed by atoms with E-state index in [0.29, 0.717) is 18.0 Å². The van der Waals surface area contributed by atoms with Crippen LogP contribution < -0.4 is 9.47 Å². The Kier molecular flexibility index (Phi) is 7.31. The van der Waals surface area contributed by atoms with E-state index in [1.54, 1.807) is 25.1 Å². The number of rotatable bonds is 8. The van der Waals surface area contributed by atoms with Gasteiger partial charge in [-0.1, -0.05) is 12.1 Å². The lowest BCUT2D eigenvalue weighted by Crippen LogP contribution is -2.34. The number of benzene rings is 2. The molecule has 0 aliphatic rings. The molecule has 0 heterocycles. The lowest BCUT2D eigenvalue weighted by molar-refractivity contribution is -0.135. The van der Waals surface area contributed by atoms with E-state index >= 15 is 0 Å². The maximum absolute atomic E-state index is 13.6. The van der Waals surface area contributed by atoms with E-state index in [9.17, 15) is 18.4 Å². The Morgan fingerprint density at radius 1 is 1.00 bits per heavy atom. The average Bonchev–Trinajstić information content (AvgIpc) is 2.69. The summed E-state index contributed by atoms with van der Waals surface area (Å²) in [5.74, 6) is -2.75. The van der Waals surface area contributed by atoms with Gasteiger partial charge >= 0.3 is 5.97 Å². The summed E-state index contributed by atoms with van der Waals surface area (Å²) < 4.78 is 42.4. The van der Waals surface area contributed by atoms with Crippen LogP contribution in [0.15, 0.2) is 36.4 Å². The van der Waals surface area contributed by atoms with Crippen molar-refractivity contribution < 1.29 is 32.6 Å². The van der Waals surface area contributed by atoms with Crippen molar-refractivity contribution in [3.63, 3.8) is 0 Å². The maximum atomic E-state index is 13.6. The molecule has 2 aromatic rings. The summed E-state index contributed by atoms with van der Waals surface area (Å²) in [6, 6.07) is 8.24. The smallest absolute Gasteiger partial charge is 0.344 e. The van der Waals surface area contributed by atoms with E-state index in [0.717, 1.165) is 23.8 Å². The first-order chi connectivity index (χ1) is 13.4. The van der Waals surface area contributed by atoms with Crippen LogP contribution in [0.5, 0.6) is 11.5 Å². The molecule has 0 aliphatic heterocycles. The molecule has 0 spiro atoms. The van der Waals surface area contributed by atoms with Crippen LogP contribution in [0.3, 0.4) is 0 Å². The summed E-state index contributed by atoms with van der Waals surface area (Å²) in [7, 11) is 3.03. The molecule has 0 fully saturated rings. The molecule has 6 nitrogen and oxygen atoms in total. The van der Waals surface area contributed by atoms with Crippen molar-refractivity contribution in [2.24, 2.45) is 0 Å². The third-order valence-electron chi connectivity index (χ3n) is 4.05. The summed E-state index contributed by atoms with van der Waals surface area (Å²) >= 11 is 0. The fraction of sp³-hybridized carbons (Fsp3) is 0.300. The Bertz CT molecular complexity index is 836. The molecule has 0 aliphatic carbocycles. The minimum Gasteiger partial charge on any atom is -0.493 e. The molecule has 0 atom stereocenters. The normalized spacial score (nSPS) is 10.3. The average molecular weight is 393 g/mol. The van der Waals surface area contributed by atoms with Crippen LogP contribution in [0.4, 0.5) is 8.78 Å². The van der Waals surface area contributed by atoms with Gasteiger partial charge in [0.2, 0.25) is 0 Å². The van der Waals surface area contributed by atoms with Crippen LogP contribution in [0.1, 0.15) is 22.8 Å². The largest absolute Gasteiger partial charge is 0.493 e. The van der Waals surface area contributed by atoms with Gasteiger partial charge in [-0.15, -0.1) is 0 Å². The SMILES string of the molecule is CCN(Cc1ccc(OC)c(OC)c1)C(=O)COC(=O)c1c(F)cccc1F. The predicted octanol–water partition coefficient (Wildman–Crippen LogP) is 3.19. The molecule has 2 rings (SSSR count). The standard InChI is InChI=1S/C20H21F2NO5/c1-4-23(11-13-8-9-16(26-2)17(10-13)27-3)18(24)12-28-20(25)19-14(21)6-5-7-15(19)22/h5-10H,4,11-12H2,1-3H3. The highest BCUT2D eigenvalue weighted by atomic mass is 19.1. The molecule has 0 bridgehead atoms. The lowest BCUT2D eigenvalue weighted by Gasteiger charge is -2.21. The van der Waals surface area contributed by atoms with Gasteiger partial charge in [0.15, 0.2) is 18.1 Å². The highest BCUT2D eigenvalue weighted by Crippen LogP contribution is 2.28. The molecule has 8 heteroatoms. The second kappa shape index (κ2) is 9.68. The van der Waals surface area contributed by atoms with Crippen LogP contribution in [0.25, 0.3) is 0 Å². The second-order valence-corrected chi connectivity index (χ2v) is 5.77. The topological polar surface area (TPSA) is 65.1 Å². The summed E-state index contributed by atoms with van der Waals surface area (Å²) in [6.45, 7) is 1.71. The molecule has 1 amide bonds. The Labute approximate surface area is 161 Å². The number of halogens is 2. The molecule has 2 aromatic carbocycles. The van der Waals surface area contributed by atoms with E-state index in [2.05, 4.69) is 0 Å². The van der Waals surface area contributed by atoms with Crippen LogP contribution in [0, 0.1) is 11.6 Å². The molecule has 0 saturated heterocycles. The van der Waals surface area contributed by atoms with Crippen LogP contribution in [-0.2, 0) is 16.1 Å². The fourth-order valence-electron chi connectivity index (χ4n) is 2.56. The molecule has 0 aromatic heterocycles. The Balaban J connectivity index is 2.03. The number of esters is 1. The highest BCUT2D eigenvalue weighted by Gasteiger charge is 2.21. The third-order valence-corrected chi connectivity index (χ3v) is 4.05. The fourth-order valence-corrected chi connectivity index (χ4v) is 2.56. The lowest BCUT2D eigenvalue weighted by atomic mass is 10.2. The molecular formula is C20H21F2NO5. The highest BCUT2D eigenvalue weighted by molar-refractivity contribution is 5.91. The minimum absolute atomic E-state index is 0.237. The van der Waals surface area contributed by atoms with Crippen molar-refractivity contribution in [2.75, 3.05) is 27.4 Å². The summed E-state index contributed by atoms with van der Waals surface area (Å²) in [4.78, 5) is 25.7. The quantitative estimate of drug-likeness (QED) is 0.645. The van der Waals surface area contributed by atoms with Crippen LogP contribution in [-0.4, -0.2) is 44.1 Å². The number of carbonyl (C=O) groups excluding carboxylic acids is 2. The zero-order valence-electron chi connectivity index (χ0n) is 15.8. The number of ether oxygens (including phenoxy) is 3. The van der Waals surface area contributed by atoms with E-state index < -0.39 is 35.7 Å². The number of hydrogen-bond acceptors (Lipinski definition) is 5. The van der Waals surface area contributed by atoms with Gasteiger partial charge in [-0.25, -0.2) is 13.6 Å². The summed E-state index contributed by atoms with van der Waals surface area (Å²) in [5, 5.41) is 0. The number of carbonyl (C=O) groups is 2. The molecule has 28 heavy (non-hydrogen) atoms. The van der Waals surface area contributed by atoms with Gasteiger partial charge in [-0.2, -0.15) is 0 Å². The molecular weight excluding hydrogens is 372 g/mol. The van der Waals surface area contributed by atoms with E-state index in [1.165, 1.54) is 19.1 Å². The van der Waals surface area contributed by atoms with Gasteiger partial charge < -0.3 is 19.1 Å². The van der Waals surface area contributed by atoms with Crippen molar-refractivity contribution in [2.45, 2.75) is 13.5 Å². The van der Waals surface area contributed by atoms with Crippen molar-refractivity contribution in [1.82, 2.24) is 4.90 Å². The molecule has 0 N–H and O–H groups in total. The third kappa shape index (κ3) is 4.97. The second-order valence-electron chi connectivity index (χ2n) is 5.77. The number of hydrogen-bond donors (Lipinski definition) is 0. The van der Waals surface area contributed by atoms with Crippen molar-refractivity contribution in [3.05, 3.63) is 59.2 Å². The summed E-state index contributed by atoms with van der Waals surface area (Å²) in [6.07, 6.45) is 0.